The van der Waals surface area contributed by atoms with Gasteiger partial charge in [0.05, 0.1) is 11.1 Å². The predicted octanol–water partition coefficient (Wildman–Crippen LogP) is 2.97. The normalized spacial score (nSPS) is 33.8. The van der Waals surface area contributed by atoms with Gasteiger partial charge in [0, 0.05) is 30.4 Å². The van der Waals surface area contributed by atoms with Crippen LogP contribution in [0, 0.1) is 11.8 Å². The van der Waals surface area contributed by atoms with Gasteiger partial charge >= 0.3 is 0 Å². The van der Waals surface area contributed by atoms with Crippen LogP contribution in [0.5, 0.6) is 0 Å². The van der Waals surface area contributed by atoms with Crippen molar-refractivity contribution >= 4 is 23.4 Å². The van der Waals surface area contributed by atoms with E-state index in [0.717, 1.165) is 13.0 Å². The Morgan fingerprint density at radius 2 is 1.76 bits per heavy atom. The summed E-state index contributed by atoms with van der Waals surface area (Å²) in [5, 5.41) is 3.29. The molecule has 0 aliphatic carbocycles. The molecule has 4 saturated heterocycles. The lowest BCUT2D eigenvalue weighted by Crippen LogP contribution is -2.69. The molecule has 0 aromatic heterocycles. The Kier molecular flexibility index (Phi) is 5.02. The predicted molar refractivity (Wildman–Crippen MR) is 125 cm³/mol. The number of fused-ring (bicyclic) bond motifs is 3. The molecular formula is C26H34N4O3. The number of hydrogen-bond donors (Lipinski definition) is 1. The molecule has 5 aliphatic rings. The molecule has 1 N–H and O–H groups in total. The molecule has 1 aromatic carbocycles. The molecule has 0 saturated carbocycles. The average molecular weight is 451 g/mol. The SMILES string of the molecule is CC(C)Nc1cccc2c1C(=O)N(C1CC[C@@H]3[C@H]4CCCN5CCC[C@@H](CN3C1=O)[C@@H]45)C2=O. The van der Waals surface area contributed by atoms with Gasteiger partial charge in [-0.2, -0.15) is 0 Å². The number of piperidine rings is 4. The van der Waals surface area contributed by atoms with Gasteiger partial charge in [-0.15, -0.1) is 0 Å². The highest BCUT2D eigenvalue weighted by atomic mass is 16.2. The van der Waals surface area contributed by atoms with Crippen molar-refractivity contribution in [2.45, 2.75) is 76.5 Å². The van der Waals surface area contributed by atoms with Crippen molar-refractivity contribution < 1.29 is 14.4 Å². The highest BCUT2D eigenvalue weighted by Crippen LogP contribution is 2.46. The number of nitrogens with one attached hydrogen (secondary N) is 1. The van der Waals surface area contributed by atoms with Crippen molar-refractivity contribution in [3.8, 4) is 0 Å². The molecule has 7 nitrogen and oxygen atoms in total. The molecule has 5 atom stereocenters. The Hall–Kier alpha value is -2.41. The molecular weight excluding hydrogens is 416 g/mol. The molecule has 5 heterocycles. The van der Waals surface area contributed by atoms with E-state index in [1.165, 1.54) is 43.7 Å². The van der Waals surface area contributed by atoms with Crippen LogP contribution in [0.2, 0.25) is 0 Å². The van der Waals surface area contributed by atoms with E-state index in [2.05, 4.69) is 15.1 Å². The van der Waals surface area contributed by atoms with Gasteiger partial charge in [0.25, 0.3) is 11.8 Å². The molecule has 176 valence electrons. The van der Waals surface area contributed by atoms with Gasteiger partial charge in [0.1, 0.15) is 6.04 Å². The summed E-state index contributed by atoms with van der Waals surface area (Å²) in [5.41, 5.74) is 1.50. The first kappa shape index (κ1) is 21.1. The number of hydrogen-bond acceptors (Lipinski definition) is 5. The van der Waals surface area contributed by atoms with E-state index in [9.17, 15) is 14.4 Å². The van der Waals surface area contributed by atoms with Crippen LogP contribution < -0.4 is 5.32 Å². The number of anilines is 1. The van der Waals surface area contributed by atoms with Crippen molar-refractivity contribution in [1.82, 2.24) is 14.7 Å². The second-order valence-corrected chi connectivity index (χ2v) is 10.9. The molecule has 1 aromatic rings. The Bertz CT molecular complexity index is 1010. The smallest absolute Gasteiger partial charge is 0.264 e. The number of carbonyl (C=O) groups excluding carboxylic acids is 3. The maximum absolute atomic E-state index is 13.8. The first-order valence-electron chi connectivity index (χ1n) is 12.8. The number of benzene rings is 1. The van der Waals surface area contributed by atoms with E-state index >= 15 is 0 Å². The Balaban J connectivity index is 1.28. The van der Waals surface area contributed by atoms with Gasteiger partial charge in [-0.1, -0.05) is 6.07 Å². The number of carbonyl (C=O) groups is 3. The van der Waals surface area contributed by atoms with Crippen molar-refractivity contribution in [1.29, 1.82) is 0 Å². The second-order valence-electron chi connectivity index (χ2n) is 10.9. The monoisotopic (exact) mass is 450 g/mol. The van der Waals surface area contributed by atoms with E-state index in [0.29, 0.717) is 41.1 Å². The summed E-state index contributed by atoms with van der Waals surface area (Å²) in [4.78, 5) is 46.7. The molecule has 5 aliphatic heterocycles. The van der Waals surface area contributed by atoms with Crippen LogP contribution in [-0.4, -0.2) is 76.2 Å². The summed E-state index contributed by atoms with van der Waals surface area (Å²) in [6.07, 6.45) is 6.23. The van der Waals surface area contributed by atoms with Crippen LogP contribution in [0.4, 0.5) is 5.69 Å². The lowest BCUT2D eigenvalue weighted by molar-refractivity contribution is -0.156. The van der Waals surface area contributed by atoms with Crippen molar-refractivity contribution in [3.63, 3.8) is 0 Å². The third-order valence-electron chi connectivity index (χ3n) is 8.68. The number of imide groups is 1. The topological polar surface area (TPSA) is 73.0 Å². The lowest BCUT2D eigenvalue weighted by Gasteiger charge is -2.59. The number of amides is 3. The average Bonchev–Trinajstić information content (AvgIpc) is 3.05. The molecule has 7 heteroatoms. The van der Waals surface area contributed by atoms with Gasteiger partial charge in [0.15, 0.2) is 0 Å². The summed E-state index contributed by atoms with van der Waals surface area (Å²) < 4.78 is 0. The van der Waals surface area contributed by atoms with Crippen LogP contribution in [0.3, 0.4) is 0 Å². The quantitative estimate of drug-likeness (QED) is 0.717. The van der Waals surface area contributed by atoms with Crippen molar-refractivity contribution in [3.05, 3.63) is 29.3 Å². The van der Waals surface area contributed by atoms with Crippen LogP contribution in [-0.2, 0) is 4.79 Å². The van der Waals surface area contributed by atoms with E-state index in [-0.39, 0.29) is 29.8 Å². The maximum atomic E-state index is 13.8. The molecule has 33 heavy (non-hydrogen) atoms. The van der Waals surface area contributed by atoms with Crippen molar-refractivity contribution in [2.24, 2.45) is 11.8 Å². The van der Waals surface area contributed by atoms with Crippen molar-refractivity contribution in [2.75, 3.05) is 25.0 Å². The standard InChI is InChI=1S/C26H34N4O3/c1-15(2)27-19-9-3-7-18-22(19)26(33)30(24(18)31)21-11-10-20-17-8-5-13-28-12-4-6-16(23(17)28)14-29(20)25(21)32/h3,7,9,15-17,20-21,23,27H,4-6,8,10-14H2,1-2H3/t16-,17+,20+,21?,23-/m0/s1. The molecule has 4 fully saturated rings. The van der Waals surface area contributed by atoms with Gasteiger partial charge in [-0.3, -0.25) is 24.2 Å². The van der Waals surface area contributed by atoms with Crippen LogP contribution in [0.1, 0.15) is 73.1 Å². The molecule has 6 rings (SSSR count). The van der Waals surface area contributed by atoms with Gasteiger partial charge in [-0.25, -0.2) is 0 Å². The largest absolute Gasteiger partial charge is 0.382 e. The maximum Gasteiger partial charge on any atom is 0.264 e. The van der Waals surface area contributed by atoms with Crippen LogP contribution >= 0.6 is 0 Å². The van der Waals surface area contributed by atoms with E-state index in [1.807, 2.05) is 19.9 Å². The summed E-state index contributed by atoms with van der Waals surface area (Å²) in [6.45, 7) is 7.18. The Morgan fingerprint density at radius 3 is 2.55 bits per heavy atom. The number of nitrogens with zero attached hydrogens (tertiary/aromatic N) is 3. The molecule has 0 spiro atoms. The first-order chi connectivity index (χ1) is 16.0. The Morgan fingerprint density at radius 1 is 0.970 bits per heavy atom. The van der Waals surface area contributed by atoms with Crippen LogP contribution in [0.25, 0.3) is 0 Å². The molecule has 1 unspecified atom stereocenters. The first-order valence-corrected chi connectivity index (χ1v) is 12.8. The highest BCUT2D eigenvalue weighted by molar-refractivity contribution is 6.25. The molecule has 3 amide bonds. The minimum absolute atomic E-state index is 0.0136. The fourth-order valence-corrected chi connectivity index (χ4v) is 7.52. The van der Waals surface area contributed by atoms with E-state index in [4.69, 9.17) is 0 Å². The number of rotatable bonds is 3. The van der Waals surface area contributed by atoms with Gasteiger partial charge < -0.3 is 10.2 Å². The van der Waals surface area contributed by atoms with Gasteiger partial charge in [0.2, 0.25) is 5.91 Å². The minimum atomic E-state index is -0.680. The zero-order valence-electron chi connectivity index (χ0n) is 19.6. The summed E-state index contributed by atoms with van der Waals surface area (Å²) >= 11 is 0. The minimum Gasteiger partial charge on any atom is -0.382 e. The summed E-state index contributed by atoms with van der Waals surface area (Å²) in [7, 11) is 0. The van der Waals surface area contributed by atoms with Gasteiger partial charge in [-0.05, 0) is 89.4 Å². The van der Waals surface area contributed by atoms with Crippen LogP contribution in [0.15, 0.2) is 18.2 Å². The molecule has 0 bridgehead atoms. The van der Waals surface area contributed by atoms with E-state index in [1.54, 1.807) is 12.1 Å². The lowest BCUT2D eigenvalue weighted by atomic mass is 9.67. The second kappa shape index (κ2) is 7.83. The highest BCUT2D eigenvalue weighted by Gasteiger charge is 2.54. The zero-order chi connectivity index (χ0) is 22.9. The summed E-state index contributed by atoms with van der Waals surface area (Å²) in [6, 6.07) is 5.68. The summed E-state index contributed by atoms with van der Waals surface area (Å²) in [5.74, 6) is 0.390. The zero-order valence-corrected chi connectivity index (χ0v) is 19.6. The fraction of sp³-hybridized carbons (Fsp3) is 0.654. The van der Waals surface area contributed by atoms with E-state index < -0.39 is 6.04 Å². The molecule has 0 radical (unpaired) electrons. The fourth-order valence-electron chi connectivity index (χ4n) is 7.52. The Labute approximate surface area is 195 Å². The third kappa shape index (κ3) is 3.15. The third-order valence-corrected chi connectivity index (χ3v) is 8.68.